The highest BCUT2D eigenvalue weighted by atomic mass is 32.2. The molecule has 0 aliphatic carbocycles. The summed E-state index contributed by atoms with van der Waals surface area (Å²) in [6.45, 7) is 3.69. The smallest absolute Gasteiger partial charge is 0.282 e. The number of nitrogens with one attached hydrogen (secondary N) is 1. The maximum atomic E-state index is 11.8. The number of nitro benzene ring substituents is 1. The summed E-state index contributed by atoms with van der Waals surface area (Å²) in [5.41, 5.74) is 1.96. The van der Waals surface area contributed by atoms with Gasteiger partial charge >= 0.3 is 0 Å². The highest BCUT2D eigenvalue weighted by Crippen LogP contribution is 2.44. The molecule has 0 spiro atoms. The minimum Gasteiger partial charge on any atom is -0.454 e. The number of rotatable bonds is 5. The summed E-state index contributed by atoms with van der Waals surface area (Å²) < 4.78 is 16.8. The molecule has 0 bridgehead atoms. The van der Waals surface area contributed by atoms with E-state index in [1.54, 1.807) is 12.1 Å². The van der Waals surface area contributed by atoms with Gasteiger partial charge in [0.2, 0.25) is 24.1 Å². The molecule has 0 radical (unpaired) electrons. The van der Waals surface area contributed by atoms with E-state index in [1.165, 1.54) is 17.8 Å². The Morgan fingerprint density at radius 1 is 1.26 bits per heavy atom. The van der Waals surface area contributed by atoms with Gasteiger partial charge in [-0.15, -0.1) is 16.8 Å². The van der Waals surface area contributed by atoms with Crippen molar-refractivity contribution in [2.75, 3.05) is 17.9 Å². The van der Waals surface area contributed by atoms with Gasteiger partial charge in [-0.3, -0.25) is 10.1 Å². The fourth-order valence-corrected chi connectivity index (χ4v) is 3.81. The van der Waals surface area contributed by atoms with Gasteiger partial charge in [0.1, 0.15) is 0 Å². The lowest BCUT2D eigenvalue weighted by Crippen LogP contribution is -2.18. The van der Waals surface area contributed by atoms with Gasteiger partial charge in [0.25, 0.3) is 5.69 Å². The number of para-hydroxylation sites is 1. The molecule has 31 heavy (non-hydrogen) atoms. The van der Waals surface area contributed by atoms with Crippen molar-refractivity contribution < 1.29 is 19.1 Å². The van der Waals surface area contributed by atoms with Crippen LogP contribution in [-0.2, 0) is 0 Å². The number of fused-ring (bicyclic) bond motifs is 4. The Balaban J connectivity index is 1.64. The van der Waals surface area contributed by atoms with Crippen LogP contribution in [0.3, 0.4) is 0 Å². The molecule has 0 saturated heterocycles. The maximum Gasteiger partial charge on any atom is 0.282 e. The zero-order valence-corrected chi connectivity index (χ0v) is 16.8. The van der Waals surface area contributed by atoms with Crippen molar-refractivity contribution in [3.8, 4) is 28.6 Å². The van der Waals surface area contributed by atoms with Gasteiger partial charge in [0, 0.05) is 17.0 Å². The van der Waals surface area contributed by atoms with Gasteiger partial charge in [0.15, 0.2) is 17.2 Å². The Hall–Kier alpha value is -3.86. The van der Waals surface area contributed by atoms with Crippen molar-refractivity contribution in [1.29, 1.82) is 0 Å². The molecular weight excluding hydrogens is 422 g/mol. The second-order valence-corrected chi connectivity index (χ2v) is 7.54. The second kappa shape index (κ2) is 7.76. The molecule has 0 fully saturated rings. The largest absolute Gasteiger partial charge is 0.454 e. The first-order chi connectivity index (χ1) is 15.1. The van der Waals surface area contributed by atoms with Crippen molar-refractivity contribution in [1.82, 2.24) is 15.2 Å². The number of aromatic nitrogens is 3. The number of hydrogen-bond donors (Lipinski definition) is 1. The predicted octanol–water partition coefficient (Wildman–Crippen LogP) is 3.96. The highest BCUT2D eigenvalue weighted by molar-refractivity contribution is 7.99. The molecule has 1 atom stereocenters. The number of ether oxygens (including phenoxy) is 3. The minimum absolute atomic E-state index is 0.00158. The van der Waals surface area contributed by atoms with E-state index in [-0.39, 0.29) is 23.9 Å². The first kappa shape index (κ1) is 19.1. The van der Waals surface area contributed by atoms with Crippen LogP contribution in [0.5, 0.6) is 17.4 Å². The molecule has 0 unspecified atom stereocenters. The summed E-state index contributed by atoms with van der Waals surface area (Å²) in [5.74, 6) is 1.55. The summed E-state index contributed by atoms with van der Waals surface area (Å²) in [6, 6.07) is 10.3. The third-order valence-electron chi connectivity index (χ3n) is 4.66. The molecule has 0 amide bonds. The second-order valence-electron chi connectivity index (χ2n) is 6.56. The number of nitrogens with zero attached hydrogens (tertiary/aromatic N) is 4. The van der Waals surface area contributed by atoms with Gasteiger partial charge in [-0.2, -0.15) is 4.98 Å². The first-order valence-electron chi connectivity index (χ1n) is 9.23. The molecule has 1 N–H and O–H groups in total. The quantitative estimate of drug-likeness (QED) is 0.272. The number of nitro groups is 1. The molecule has 10 nitrogen and oxygen atoms in total. The van der Waals surface area contributed by atoms with Crippen molar-refractivity contribution in [3.05, 3.63) is 64.7 Å². The van der Waals surface area contributed by atoms with Crippen molar-refractivity contribution in [3.63, 3.8) is 0 Å². The lowest BCUT2D eigenvalue weighted by molar-refractivity contribution is -0.386. The average Bonchev–Trinajstić information content (AvgIpc) is 3.17. The number of hydrogen-bond acceptors (Lipinski definition) is 10. The SMILES string of the molecule is C=CCSc1nnc2c(n1)O[C@H](c1cc3c(cc1[N+](=O)[O-])OCO3)Nc1ccccc1-2. The van der Waals surface area contributed by atoms with Crippen LogP contribution in [0, 0.1) is 10.1 Å². The third-order valence-corrected chi connectivity index (χ3v) is 5.50. The van der Waals surface area contributed by atoms with Gasteiger partial charge in [-0.25, -0.2) is 0 Å². The van der Waals surface area contributed by atoms with E-state index < -0.39 is 11.2 Å². The first-order valence-corrected chi connectivity index (χ1v) is 10.2. The van der Waals surface area contributed by atoms with Crippen molar-refractivity contribution in [2.45, 2.75) is 11.4 Å². The van der Waals surface area contributed by atoms with E-state index in [0.29, 0.717) is 33.8 Å². The molecule has 11 heteroatoms. The van der Waals surface area contributed by atoms with Gasteiger partial charge in [-0.1, -0.05) is 36.0 Å². The maximum absolute atomic E-state index is 11.8. The van der Waals surface area contributed by atoms with Crippen LogP contribution in [0.25, 0.3) is 11.3 Å². The van der Waals surface area contributed by atoms with Crippen LogP contribution >= 0.6 is 11.8 Å². The molecular formula is C20H15N5O5S. The normalized spacial score (nSPS) is 15.7. The molecule has 3 aromatic rings. The molecule has 2 aliphatic heterocycles. The number of thioether (sulfide) groups is 1. The summed E-state index contributed by atoms with van der Waals surface area (Å²) >= 11 is 1.35. The van der Waals surface area contributed by atoms with Gasteiger partial charge < -0.3 is 19.5 Å². The Morgan fingerprint density at radius 2 is 2.06 bits per heavy atom. The summed E-state index contributed by atoms with van der Waals surface area (Å²) in [7, 11) is 0. The zero-order valence-electron chi connectivity index (χ0n) is 16.0. The molecule has 2 aliphatic rings. The monoisotopic (exact) mass is 437 g/mol. The van der Waals surface area contributed by atoms with E-state index in [0.717, 1.165) is 5.56 Å². The summed E-state index contributed by atoms with van der Waals surface area (Å²) in [5, 5.41) is 23.9. The van der Waals surface area contributed by atoms with Crippen molar-refractivity contribution in [2.24, 2.45) is 0 Å². The van der Waals surface area contributed by atoms with E-state index in [4.69, 9.17) is 14.2 Å². The lowest BCUT2D eigenvalue weighted by Gasteiger charge is -2.19. The fraction of sp³-hybridized carbons (Fsp3) is 0.150. The van der Waals surface area contributed by atoms with Crippen LogP contribution < -0.4 is 19.5 Å². The predicted molar refractivity (Wildman–Crippen MR) is 112 cm³/mol. The Bertz CT molecular complexity index is 1200. The topological polar surface area (TPSA) is 122 Å². The molecule has 2 aromatic carbocycles. The van der Waals surface area contributed by atoms with Crippen LogP contribution in [-0.4, -0.2) is 32.7 Å². The Morgan fingerprint density at radius 3 is 2.87 bits per heavy atom. The van der Waals surface area contributed by atoms with E-state index in [9.17, 15) is 10.1 Å². The van der Waals surface area contributed by atoms with E-state index >= 15 is 0 Å². The molecule has 0 saturated carbocycles. The average molecular weight is 437 g/mol. The molecule has 1 aromatic heterocycles. The Labute approximate surface area is 180 Å². The summed E-state index contributed by atoms with van der Waals surface area (Å²) in [6.07, 6.45) is 0.808. The van der Waals surface area contributed by atoms with Gasteiger partial charge in [-0.05, 0) is 12.1 Å². The fourth-order valence-electron chi connectivity index (χ4n) is 3.30. The molecule has 156 valence electrons. The summed E-state index contributed by atoms with van der Waals surface area (Å²) in [4.78, 5) is 15.8. The number of anilines is 1. The standard InChI is InChI=1S/C20H15N5O5S/c1-2-7-31-20-22-19-17(23-24-20)11-5-3-4-6-13(11)21-18(30-19)12-8-15-16(29-10-28-15)9-14(12)25(26)27/h2-6,8-9,18,21H,1,7,10H2/t18-/m1/s1. The van der Waals surface area contributed by atoms with Crippen molar-refractivity contribution >= 4 is 23.1 Å². The van der Waals surface area contributed by atoms with Gasteiger partial charge in [0.05, 0.1) is 16.6 Å². The highest BCUT2D eigenvalue weighted by Gasteiger charge is 2.33. The van der Waals surface area contributed by atoms with E-state index in [1.807, 2.05) is 24.3 Å². The minimum atomic E-state index is -0.925. The number of benzene rings is 2. The van der Waals surface area contributed by atoms with Crippen LogP contribution in [0.1, 0.15) is 11.8 Å². The third kappa shape index (κ3) is 3.48. The van der Waals surface area contributed by atoms with E-state index in [2.05, 4.69) is 27.1 Å². The van der Waals surface area contributed by atoms with Crippen LogP contribution in [0.15, 0.2) is 54.2 Å². The van der Waals surface area contributed by atoms with Crippen LogP contribution in [0.4, 0.5) is 11.4 Å². The Kier molecular flexibility index (Phi) is 4.79. The lowest BCUT2D eigenvalue weighted by atomic mass is 10.1. The molecule has 3 heterocycles. The zero-order chi connectivity index (χ0) is 21.4. The van der Waals surface area contributed by atoms with Crippen LogP contribution in [0.2, 0.25) is 0 Å². The molecule has 5 rings (SSSR count).